The molecule has 5 aromatic rings. The molecule has 0 aliphatic rings. The summed E-state index contributed by atoms with van der Waals surface area (Å²) in [5.74, 6) is 1.70. The smallest absolute Gasteiger partial charge is 0.252 e. The molecule has 0 saturated heterocycles. The highest BCUT2D eigenvalue weighted by molar-refractivity contribution is 5.82. The Hall–Kier alpha value is -4.04. The van der Waals surface area contributed by atoms with Crippen molar-refractivity contribution in [3.8, 4) is 0 Å². The molecule has 0 unspecified atom stereocenters. The fourth-order valence-corrected chi connectivity index (χ4v) is 5.11. The van der Waals surface area contributed by atoms with E-state index in [1.807, 2.05) is 43.3 Å². The van der Waals surface area contributed by atoms with E-state index in [9.17, 15) is 4.79 Å². The van der Waals surface area contributed by atoms with E-state index in [1.54, 1.807) is 10.9 Å². The van der Waals surface area contributed by atoms with Gasteiger partial charge in [0.25, 0.3) is 5.56 Å². The standard InChI is InChI=1S/C29H32N6O2/c1-19(2)27(28-31-32-33-35(28)18-25-11-8-12-37-25)34(16-22-9-6-5-7-10-22)17-24-15-23-14-20(3)13-21(4)26(23)30-29(24)36/h5-15,19,27H,16-18H2,1-4H3,(H,30,36)/t27-/m0/s1. The zero-order valence-electron chi connectivity index (χ0n) is 21.7. The number of aryl methyl sites for hydroxylation is 2. The van der Waals surface area contributed by atoms with Crippen molar-refractivity contribution in [1.29, 1.82) is 0 Å². The number of rotatable bonds is 9. The maximum Gasteiger partial charge on any atom is 0.252 e. The number of nitrogens with zero attached hydrogens (tertiary/aromatic N) is 5. The van der Waals surface area contributed by atoms with Gasteiger partial charge in [-0.3, -0.25) is 9.69 Å². The second kappa shape index (κ2) is 10.5. The second-order valence-electron chi connectivity index (χ2n) is 10.0. The number of aromatic amines is 1. The summed E-state index contributed by atoms with van der Waals surface area (Å²) in [6.45, 7) is 9.95. The average Bonchev–Trinajstić information content (AvgIpc) is 3.54. The fourth-order valence-electron chi connectivity index (χ4n) is 5.11. The van der Waals surface area contributed by atoms with Crippen LogP contribution in [0.2, 0.25) is 0 Å². The molecule has 0 bridgehead atoms. The van der Waals surface area contributed by atoms with Crippen LogP contribution < -0.4 is 5.56 Å². The maximum absolute atomic E-state index is 13.3. The van der Waals surface area contributed by atoms with Gasteiger partial charge in [0.2, 0.25) is 0 Å². The minimum Gasteiger partial charge on any atom is -0.467 e. The number of benzene rings is 2. The first kappa shape index (κ1) is 24.6. The Morgan fingerprint density at radius 3 is 2.57 bits per heavy atom. The first-order valence-electron chi connectivity index (χ1n) is 12.6. The quantitative estimate of drug-likeness (QED) is 0.303. The zero-order chi connectivity index (χ0) is 25.9. The zero-order valence-corrected chi connectivity index (χ0v) is 21.7. The first-order chi connectivity index (χ1) is 17.9. The summed E-state index contributed by atoms with van der Waals surface area (Å²) >= 11 is 0. The number of furan rings is 1. The van der Waals surface area contributed by atoms with E-state index in [-0.39, 0.29) is 17.5 Å². The Morgan fingerprint density at radius 2 is 1.84 bits per heavy atom. The predicted molar refractivity (Wildman–Crippen MR) is 143 cm³/mol. The third-order valence-corrected chi connectivity index (χ3v) is 6.71. The summed E-state index contributed by atoms with van der Waals surface area (Å²) < 4.78 is 7.34. The highest BCUT2D eigenvalue weighted by Gasteiger charge is 2.30. The lowest BCUT2D eigenvalue weighted by Gasteiger charge is -2.33. The van der Waals surface area contributed by atoms with Gasteiger partial charge in [0.15, 0.2) is 5.82 Å². The van der Waals surface area contributed by atoms with Crippen LogP contribution in [0.4, 0.5) is 0 Å². The van der Waals surface area contributed by atoms with E-state index >= 15 is 0 Å². The van der Waals surface area contributed by atoms with E-state index in [2.05, 4.69) is 70.4 Å². The monoisotopic (exact) mass is 496 g/mol. The van der Waals surface area contributed by atoms with E-state index in [4.69, 9.17) is 4.42 Å². The minimum absolute atomic E-state index is 0.0739. The van der Waals surface area contributed by atoms with Crippen molar-refractivity contribution in [1.82, 2.24) is 30.1 Å². The topological polar surface area (TPSA) is 92.8 Å². The lowest BCUT2D eigenvalue weighted by Crippen LogP contribution is -2.35. The summed E-state index contributed by atoms with van der Waals surface area (Å²) in [5.41, 5.74) is 4.91. The number of nitrogens with one attached hydrogen (secondary N) is 1. The van der Waals surface area contributed by atoms with Gasteiger partial charge in [-0.2, -0.15) is 0 Å². The molecule has 8 heteroatoms. The number of aromatic nitrogens is 5. The van der Waals surface area contributed by atoms with Crippen LogP contribution in [0.25, 0.3) is 10.9 Å². The Labute approximate surface area is 215 Å². The van der Waals surface area contributed by atoms with E-state index in [0.29, 0.717) is 25.2 Å². The molecule has 0 amide bonds. The predicted octanol–water partition coefficient (Wildman–Crippen LogP) is 5.17. The molecule has 0 radical (unpaired) electrons. The molecule has 8 nitrogen and oxygen atoms in total. The van der Waals surface area contributed by atoms with Crippen molar-refractivity contribution in [2.24, 2.45) is 5.92 Å². The van der Waals surface area contributed by atoms with Crippen LogP contribution in [-0.4, -0.2) is 30.1 Å². The van der Waals surface area contributed by atoms with Gasteiger partial charge in [-0.05, 0) is 71.0 Å². The van der Waals surface area contributed by atoms with Gasteiger partial charge in [-0.15, -0.1) is 5.10 Å². The first-order valence-corrected chi connectivity index (χ1v) is 12.6. The lowest BCUT2D eigenvalue weighted by molar-refractivity contribution is 0.125. The molecule has 3 heterocycles. The van der Waals surface area contributed by atoms with Gasteiger partial charge in [-0.25, -0.2) is 4.68 Å². The summed E-state index contributed by atoms with van der Waals surface area (Å²) in [4.78, 5) is 18.7. The fraction of sp³-hybridized carbons (Fsp3) is 0.310. The van der Waals surface area contributed by atoms with Crippen LogP contribution >= 0.6 is 0 Å². The van der Waals surface area contributed by atoms with E-state index < -0.39 is 0 Å². The number of pyridine rings is 1. The third-order valence-electron chi connectivity index (χ3n) is 6.71. The molecule has 0 fully saturated rings. The van der Waals surface area contributed by atoms with E-state index in [1.165, 1.54) is 5.56 Å². The number of tetrazole rings is 1. The van der Waals surface area contributed by atoms with Gasteiger partial charge < -0.3 is 9.40 Å². The molecule has 1 N–H and O–H groups in total. The Kier molecular flexibility index (Phi) is 7.01. The third kappa shape index (κ3) is 5.39. The van der Waals surface area contributed by atoms with Crippen LogP contribution in [0.1, 0.15) is 53.7 Å². The van der Waals surface area contributed by atoms with Gasteiger partial charge in [0.1, 0.15) is 12.3 Å². The molecule has 37 heavy (non-hydrogen) atoms. The highest BCUT2D eigenvalue weighted by atomic mass is 16.3. The summed E-state index contributed by atoms with van der Waals surface area (Å²) in [6.07, 6.45) is 1.65. The molecule has 0 aliphatic carbocycles. The minimum atomic E-state index is -0.139. The second-order valence-corrected chi connectivity index (χ2v) is 10.0. The molecule has 0 aliphatic heterocycles. The van der Waals surface area contributed by atoms with Crippen molar-refractivity contribution >= 4 is 10.9 Å². The number of H-pyrrole nitrogens is 1. The highest BCUT2D eigenvalue weighted by Crippen LogP contribution is 2.30. The van der Waals surface area contributed by atoms with Crippen LogP contribution in [0, 0.1) is 19.8 Å². The van der Waals surface area contributed by atoms with Crippen molar-refractivity contribution < 1.29 is 4.42 Å². The molecular formula is C29H32N6O2. The number of hydrogen-bond donors (Lipinski definition) is 1. The number of fused-ring (bicyclic) bond motifs is 1. The maximum atomic E-state index is 13.3. The molecule has 0 spiro atoms. The molecule has 0 saturated carbocycles. The van der Waals surface area contributed by atoms with Crippen LogP contribution in [0.3, 0.4) is 0 Å². The Bertz CT molecular complexity index is 1540. The molecule has 5 rings (SSSR count). The molecule has 3 aromatic heterocycles. The molecular weight excluding hydrogens is 464 g/mol. The van der Waals surface area contributed by atoms with Gasteiger partial charge in [0.05, 0.1) is 17.8 Å². The number of hydrogen-bond acceptors (Lipinski definition) is 6. The van der Waals surface area contributed by atoms with E-state index in [0.717, 1.165) is 33.6 Å². The summed E-state index contributed by atoms with van der Waals surface area (Å²) in [5, 5.41) is 13.8. The normalized spacial score (nSPS) is 12.6. The Morgan fingerprint density at radius 1 is 1.03 bits per heavy atom. The SMILES string of the molecule is Cc1cc(C)c2[nH]c(=O)c(CN(Cc3ccccc3)[C@H](c3nnnn3Cc3ccco3)C(C)C)cc2c1. The van der Waals surface area contributed by atoms with Crippen LogP contribution in [0.15, 0.2) is 76.1 Å². The molecule has 2 aromatic carbocycles. The van der Waals surface area contributed by atoms with Crippen LogP contribution in [0.5, 0.6) is 0 Å². The van der Waals surface area contributed by atoms with Gasteiger partial charge in [0, 0.05) is 18.7 Å². The van der Waals surface area contributed by atoms with Crippen molar-refractivity contribution in [2.45, 2.75) is 53.4 Å². The molecule has 1 atom stereocenters. The largest absolute Gasteiger partial charge is 0.467 e. The van der Waals surface area contributed by atoms with Gasteiger partial charge >= 0.3 is 0 Å². The Balaban J connectivity index is 1.57. The average molecular weight is 497 g/mol. The summed E-state index contributed by atoms with van der Waals surface area (Å²) in [6, 6.07) is 20.2. The van der Waals surface area contributed by atoms with Crippen molar-refractivity contribution in [3.63, 3.8) is 0 Å². The van der Waals surface area contributed by atoms with Crippen LogP contribution in [-0.2, 0) is 19.6 Å². The van der Waals surface area contributed by atoms with Gasteiger partial charge in [-0.1, -0.05) is 55.8 Å². The van der Waals surface area contributed by atoms with Crippen molar-refractivity contribution in [2.75, 3.05) is 0 Å². The van der Waals surface area contributed by atoms with Crippen molar-refractivity contribution in [3.05, 3.63) is 111 Å². The lowest BCUT2D eigenvalue weighted by atomic mass is 9.99. The summed E-state index contributed by atoms with van der Waals surface area (Å²) in [7, 11) is 0. The molecule has 190 valence electrons.